The predicted molar refractivity (Wildman–Crippen MR) is 89.8 cm³/mol. The Balaban J connectivity index is 1.82. The van der Waals surface area contributed by atoms with Crippen LogP contribution in [0.5, 0.6) is 0 Å². The number of rotatable bonds is 5. The van der Waals surface area contributed by atoms with E-state index in [-0.39, 0.29) is 17.2 Å². The number of thioether (sulfide) groups is 1. The molecule has 0 amide bonds. The fourth-order valence-corrected chi connectivity index (χ4v) is 3.89. The molecule has 0 aliphatic carbocycles. The third-order valence-electron chi connectivity index (χ3n) is 3.51. The Bertz CT molecular complexity index is 904. The Kier molecular flexibility index (Phi) is 4.22. The van der Waals surface area contributed by atoms with Gasteiger partial charge in [0.25, 0.3) is 0 Å². The van der Waals surface area contributed by atoms with E-state index in [0.717, 1.165) is 16.5 Å². The summed E-state index contributed by atoms with van der Waals surface area (Å²) in [4.78, 5) is 28.1. The molecule has 23 heavy (non-hydrogen) atoms. The van der Waals surface area contributed by atoms with Crippen LogP contribution >= 0.6 is 23.1 Å². The number of aromatic nitrogens is 5. The van der Waals surface area contributed by atoms with Crippen molar-refractivity contribution in [2.75, 3.05) is 5.75 Å². The molecule has 0 saturated heterocycles. The minimum atomic E-state index is -0.290. The van der Waals surface area contributed by atoms with Crippen molar-refractivity contribution in [2.45, 2.75) is 19.0 Å². The molecule has 0 fully saturated rings. The number of nitrogens with one attached hydrogen (secondary N) is 1. The fourth-order valence-electron chi connectivity index (χ4n) is 2.34. The number of carbonyl (C=O) groups excluding carboxylic acids is 1. The molecular formula is C14H15N5O2S2. The highest BCUT2D eigenvalue weighted by Crippen LogP contribution is 2.24. The summed E-state index contributed by atoms with van der Waals surface area (Å²) in [7, 11) is 1.62. The van der Waals surface area contributed by atoms with E-state index in [4.69, 9.17) is 0 Å². The van der Waals surface area contributed by atoms with Crippen LogP contribution in [0.4, 0.5) is 0 Å². The standard InChI is InChI=1S/C14H15N5O2S2/c1-8-6-10(9(2)19(8)13-15-4-5-22-13)11(20)7-23-14-17-16-12(21)18(14)3/h4-6H,7H2,1-3H3,(H,16,21). The molecule has 0 spiro atoms. The van der Waals surface area contributed by atoms with E-state index < -0.39 is 0 Å². The van der Waals surface area contributed by atoms with E-state index in [1.54, 1.807) is 13.2 Å². The van der Waals surface area contributed by atoms with E-state index >= 15 is 0 Å². The number of ketones is 1. The third kappa shape index (κ3) is 2.89. The van der Waals surface area contributed by atoms with Crippen LogP contribution in [0.2, 0.25) is 0 Å². The largest absolute Gasteiger partial charge is 0.343 e. The minimum absolute atomic E-state index is 0.00125. The molecule has 7 nitrogen and oxygen atoms in total. The van der Waals surface area contributed by atoms with Crippen molar-refractivity contribution in [3.05, 3.63) is 45.1 Å². The molecule has 1 N–H and O–H groups in total. The first-order chi connectivity index (χ1) is 11.0. The lowest BCUT2D eigenvalue weighted by atomic mass is 10.2. The molecule has 0 atom stereocenters. The summed E-state index contributed by atoms with van der Waals surface area (Å²) in [5.74, 6) is 0.224. The second-order valence-corrected chi connectivity index (χ2v) is 6.83. The van der Waals surface area contributed by atoms with Gasteiger partial charge in [-0.25, -0.2) is 14.9 Å². The molecule has 3 aromatic rings. The van der Waals surface area contributed by atoms with Crippen molar-refractivity contribution in [3.8, 4) is 5.13 Å². The number of aryl methyl sites for hydroxylation is 1. The Morgan fingerprint density at radius 1 is 1.43 bits per heavy atom. The topological polar surface area (TPSA) is 85.6 Å². The number of aromatic amines is 1. The number of carbonyl (C=O) groups is 1. The van der Waals surface area contributed by atoms with Crippen molar-refractivity contribution in [1.29, 1.82) is 0 Å². The normalized spacial score (nSPS) is 11.1. The van der Waals surface area contributed by atoms with Gasteiger partial charge in [0.15, 0.2) is 16.1 Å². The molecule has 0 bridgehead atoms. The Morgan fingerprint density at radius 2 is 2.22 bits per heavy atom. The number of thiazole rings is 1. The van der Waals surface area contributed by atoms with E-state index in [0.29, 0.717) is 10.7 Å². The van der Waals surface area contributed by atoms with Crippen LogP contribution in [0.3, 0.4) is 0 Å². The van der Waals surface area contributed by atoms with Crippen molar-refractivity contribution in [1.82, 2.24) is 24.3 Å². The van der Waals surface area contributed by atoms with Gasteiger partial charge in [-0.2, -0.15) is 0 Å². The molecule has 0 unspecified atom stereocenters. The highest BCUT2D eigenvalue weighted by atomic mass is 32.2. The number of H-pyrrole nitrogens is 1. The Labute approximate surface area is 140 Å². The molecule has 3 aromatic heterocycles. The minimum Gasteiger partial charge on any atom is -0.294 e. The highest BCUT2D eigenvalue weighted by molar-refractivity contribution is 7.99. The number of Topliss-reactive ketones (excluding diaryl/α,β-unsaturated/α-hetero) is 1. The first-order valence-corrected chi connectivity index (χ1v) is 8.71. The summed E-state index contributed by atoms with van der Waals surface area (Å²) in [5, 5.41) is 9.50. The van der Waals surface area contributed by atoms with Gasteiger partial charge in [-0.1, -0.05) is 11.8 Å². The van der Waals surface area contributed by atoms with Gasteiger partial charge in [-0.15, -0.1) is 16.4 Å². The first-order valence-electron chi connectivity index (χ1n) is 6.85. The molecule has 0 aromatic carbocycles. The van der Waals surface area contributed by atoms with Crippen LogP contribution in [0.15, 0.2) is 27.6 Å². The number of hydrogen-bond acceptors (Lipinski definition) is 6. The first kappa shape index (κ1) is 15.8. The van der Waals surface area contributed by atoms with E-state index in [1.807, 2.05) is 29.9 Å². The van der Waals surface area contributed by atoms with Crippen molar-refractivity contribution >= 4 is 28.9 Å². The lowest BCUT2D eigenvalue weighted by Gasteiger charge is -2.05. The average Bonchev–Trinajstić information content (AvgIpc) is 3.21. The summed E-state index contributed by atoms with van der Waals surface area (Å²) in [6, 6.07) is 1.88. The van der Waals surface area contributed by atoms with Gasteiger partial charge in [0.05, 0.1) is 5.75 Å². The molecule has 0 saturated carbocycles. The third-order valence-corrected chi connectivity index (χ3v) is 5.30. The summed E-state index contributed by atoms with van der Waals surface area (Å²) in [6.45, 7) is 3.87. The van der Waals surface area contributed by atoms with Crippen LogP contribution < -0.4 is 5.69 Å². The maximum Gasteiger partial charge on any atom is 0.343 e. The van der Waals surface area contributed by atoms with Crippen molar-refractivity contribution in [2.24, 2.45) is 7.05 Å². The molecule has 3 heterocycles. The van der Waals surface area contributed by atoms with Crippen LogP contribution in [0, 0.1) is 13.8 Å². The van der Waals surface area contributed by atoms with Crippen molar-refractivity contribution < 1.29 is 4.79 Å². The average molecular weight is 349 g/mol. The van der Waals surface area contributed by atoms with Gasteiger partial charge in [0.2, 0.25) is 0 Å². The Morgan fingerprint density at radius 3 is 2.83 bits per heavy atom. The second-order valence-electron chi connectivity index (χ2n) is 5.02. The van der Waals surface area contributed by atoms with Gasteiger partial charge < -0.3 is 0 Å². The Hall–Kier alpha value is -2.13. The number of nitrogens with zero attached hydrogens (tertiary/aromatic N) is 4. The molecule has 9 heteroatoms. The predicted octanol–water partition coefficient (Wildman–Crippen LogP) is 1.95. The zero-order chi connectivity index (χ0) is 16.6. The van der Waals surface area contributed by atoms with Crippen molar-refractivity contribution in [3.63, 3.8) is 0 Å². The lowest BCUT2D eigenvalue weighted by molar-refractivity contribution is 0.102. The van der Waals surface area contributed by atoms with Gasteiger partial charge in [0, 0.05) is 35.6 Å². The van der Waals surface area contributed by atoms with Gasteiger partial charge in [-0.05, 0) is 19.9 Å². The van der Waals surface area contributed by atoms with Gasteiger partial charge >= 0.3 is 5.69 Å². The fraction of sp³-hybridized carbons (Fsp3) is 0.286. The molecule has 3 rings (SSSR count). The van der Waals surface area contributed by atoms with Crippen LogP contribution in [0.1, 0.15) is 21.7 Å². The zero-order valence-electron chi connectivity index (χ0n) is 12.9. The number of hydrogen-bond donors (Lipinski definition) is 1. The maximum absolute atomic E-state index is 12.5. The summed E-state index contributed by atoms with van der Waals surface area (Å²) in [6.07, 6.45) is 1.74. The van der Waals surface area contributed by atoms with E-state index in [2.05, 4.69) is 15.2 Å². The molecule has 0 radical (unpaired) electrons. The quantitative estimate of drug-likeness (QED) is 0.562. The smallest absolute Gasteiger partial charge is 0.294 e. The summed E-state index contributed by atoms with van der Waals surface area (Å²) in [5.41, 5.74) is 2.23. The van der Waals surface area contributed by atoms with Crippen LogP contribution in [0.25, 0.3) is 5.13 Å². The monoisotopic (exact) mass is 349 g/mol. The van der Waals surface area contributed by atoms with Gasteiger partial charge in [-0.3, -0.25) is 13.9 Å². The van der Waals surface area contributed by atoms with E-state index in [9.17, 15) is 9.59 Å². The van der Waals surface area contributed by atoms with Gasteiger partial charge in [0.1, 0.15) is 0 Å². The zero-order valence-corrected chi connectivity index (χ0v) is 14.5. The highest BCUT2D eigenvalue weighted by Gasteiger charge is 2.18. The summed E-state index contributed by atoms with van der Waals surface area (Å²) >= 11 is 2.77. The van der Waals surface area contributed by atoms with E-state index in [1.165, 1.54) is 27.7 Å². The molecule has 0 aliphatic heterocycles. The SMILES string of the molecule is Cc1cc(C(=O)CSc2n[nH]c(=O)n2C)c(C)n1-c1nccs1. The molecule has 0 aliphatic rings. The molecular weight excluding hydrogens is 334 g/mol. The van der Waals surface area contributed by atoms with Crippen LogP contribution in [-0.2, 0) is 7.05 Å². The lowest BCUT2D eigenvalue weighted by Crippen LogP contribution is -2.13. The maximum atomic E-state index is 12.5. The second kappa shape index (κ2) is 6.17. The molecule has 120 valence electrons. The van der Waals surface area contributed by atoms with Crippen LogP contribution in [-0.4, -0.2) is 35.9 Å². The summed E-state index contributed by atoms with van der Waals surface area (Å²) < 4.78 is 3.36.